The minimum atomic E-state index is -3.26. The molecule has 0 aromatic heterocycles. The molecule has 1 aliphatic carbocycles. The Morgan fingerprint density at radius 3 is 2.77 bits per heavy atom. The number of fused-ring (bicyclic) bond motifs is 1. The van der Waals surface area contributed by atoms with E-state index in [0.29, 0.717) is 5.75 Å². The van der Waals surface area contributed by atoms with E-state index in [0.717, 1.165) is 49.8 Å². The molecule has 0 atom stereocenters. The lowest BCUT2D eigenvalue weighted by Gasteiger charge is -2.21. The number of hydrogen-bond donors (Lipinski definition) is 1. The van der Waals surface area contributed by atoms with Crippen molar-refractivity contribution in [2.75, 3.05) is 13.2 Å². The van der Waals surface area contributed by atoms with Crippen LogP contribution in [0, 0.1) is 11.8 Å². The van der Waals surface area contributed by atoms with E-state index in [1.807, 2.05) is 18.2 Å². The SMILES string of the molecule is CC1(C)Cc2cccc(OCC#CCNS(=O)(=O)C3CCCCC3)c2O1. The van der Waals surface area contributed by atoms with Crippen LogP contribution < -0.4 is 14.2 Å². The third kappa shape index (κ3) is 4.72. The summed E-state index contributed by atoms with van der Waals surface area (Å²) in [5.41, 5.74) is 0.922. The maximum atomic E-state index is 12.2. The van der Waals surface area contributed by atoms with Crippen molar-refractivity contribution in [1.29, 1.82) is 0 Å². The van der Waals surface area contributed by atoms with E-state index in [-0.39, 0.29) is 24.0 Å². The molecule has 26 heavy (non-hydrogen) atoms. The normalized spacial score (nSPS) is 19.2. The van der Waals surface area contributed by atoms with E-state index in [1.54, 1.807) is 0 Å². The summed E-state index contributed by atoms with van der Waals surface area (Å²) < 4.78 is 38.7. The molecule has 0 unspecified atom stereocenters. The molecular formula is C20H27NO4S. The van der Waals surface area contributed by atoms with Crippen LogP contribution in [-0.2, 0) is 16.4 Å². The second-order valence-electron chi connectivity index (χ2n) is 7.55. The largest absolute Gasteiger partial charge is 0.483 e. The van der Waals surface area contributed by atoms with Crippen molar-refractivity contribution >= 4 is 10.0 Å². The maximum Gasteiger partial charge on any atom is 0.215 e. The molecule has 0 saturated heterocycles. The van der Waals surface area contributed by atoms with Crippen LogP contribution in [0.3, 0.4) is 0 Å². The van der Waals surface area contributed by atoms with Crippen LogP contribution in [-0.4, -0.2) is 32.4 Å². The number of ether oxygens (including phenoxy) is 2. The highest BCUT2D eigenvalue weighted by atomic mass is 32.2. The molecule has 0 amide bonds. The van der Waals surface area contributed by atoms with Gasteiger partial charge in [0.2, 0.25) is 10.0 Å². The molecule has 0 radical (unpaired) electrons. The Bertz CT molecular complexity index is 799. The Labute approximate surface area is 156 Å². The van der Waals surface area contributed by atoms with Crippen molar-refractivity contribution in [3.05, 3.63) is 23.8 Å². The minimum absolute atomic E-state index is 0.124. The molecule has 2 aliphatic rings. The van der Waals surface area contributed by atoms with Gasteiger partial charge in [0.05, 0.1) is 11.8 Å². The topological polar surface area (TPSA) is 64.6 Å². The first-order valence-electron chi connectivity index (χ1n) is 9.25. The standard InChI is InChI=1S/C20H27NO4S/c1-20(2)15-16-9-8-12-18(19(16)25-20)24-14-7-6-13-21-26(22,23)17-10-4-3-5-11-17/h8-9,12,17,21H,3-5,10-11,13-15H2,1-2H3. The fourth-order valence-electron chi connectivity index (χ4n) is 3.56. The van der Waals surface area contributed by atoms with Gasteiger partial charge in [0.25, 0.3) is 0 Å². The zero-order valence-corrected chi connectivity index (χ0v) is 16.3. The van der Waals surface area contributed by atoms with E-state index in [2.05, 4.69) is 30.4 Å². The van der Waals surface area contributed by atoms with E-state index in [4.69, 9.17) is 9.47 Å². The summed E-state index contributed by atoms with van der Waals surface area (Å²) in [6.45, 7) is 4.42. The van der Waals surface area contributed by atoms with E-state index in [9.17, 15) is 8.42 Å². The molecule has 1 aromatic carbocycles. The van der Waals surface area contributed by atoms with Gasteiger partial charge in [0, 0.05) is 12.0 Å². The Kier molecular flexibility index (Phi) is 5.79. The second-order valence-corrected chi connectivity index (χ2v) is 9.60. The summed E-state index contributed by atoms with van der Waals surface area (Å²) in [5, 5.41) is -0.262. The molecule has 1 heterocycles. The third-order valence-electron chi connectivity index (χ3n) is 4.83. The summed E-state index contributed by atoms with van der Waals surface area (Å²) in [5.74, 6) is 7.17. The van der Waals surface area contributed by atoms with Crippen LogP contribution in [0.1, 0.15) is 51.5 Å². The Balaban J connectivity index is 1.48. The number of rotatable bonds is 5. The van der Waals surface area contributed by atoms with E-state index in [1.165, 1.54) is 0 Å². The van der Waals surface area contributed by atoms with Gasteiger partial charge < -0.3 is 9.47 Å². The van der Waals surface area contributed by atoms with Crippen molar-refractivity contribution < 1.29 is 17.9 Å². The van der Waals surface area contributed by atoms with Gasteiger partial charge >= 0.3 is 0 Å². The predicted octanol–water partition coefficient (Wildman–Crippen LogP) is 3.03. The van der Waals surface area contributed by atoms with Crippen molar-refractivity contribution in [2.45, 2.75) is 63.2 Å². The summed E-state index contributed by atoms with van der Waals surface area (Å²) in [6, 6.07) is 5.86. The summed E-state index contributed by atoms with van der Waals surface area (Å²) in [6.07, 6.45) is 5.47. The van der Waals surface area contributed by atoms with Gasteiger partial charge in [-0.1, -0.05) is 43.2 Å². The van der Waals surface area contributed by atoms with Gasteiger partial charge in [0.1, 0.15) is 12.2 Å². The van der Waals surface area contributed by atoms with Crippen LogP contribution in [0.15, 0.2) is 18.2 Å². The molecule has 0 bridgehead atoms. The molecule has 1 aromatic rings. The molecule has 1 aliphatic heterocycles. The van der Waals surface area contributed by atoms with Crippen molar-refractivity contribution in [3.63, 3.8) is 0 Å². The Morgan fingerprint density at radius 2 is 2.00 bits per heavy atom. The Morgan fingerprint density at radius 1 is 1.23 bits per heavy atom. The number of sulfonamides is 1. The first kappa shape index (κ1) is 19.1. The zero-order valence-electron chi connectivity index (χ0n) is 15.5. The van der Waals surface area contributed by atoms with E-state index < -0.39 is 10.0 Å². The Hall–Kier alpha value is -1.71. The maximum absolute atomic E-state index is 12.2. The fourth-order valence-corrected chi connectivity index (χ4v) is 5.02. The highest BCUT2D eigenvalue weighted by Gasteiger charge is 2.32. The van der Waals surface area contributed by atoms with Crippen molar-refractivity contribution in [3.8, 4) is 23.3 Å². The number of para-hydroxylation sites is 1. The van der Waals surface area contributed by atoms with Crippen molar-refractivity contribution in [1.82, 2.24) is 4.72 Å². The van der Waals surface area contributed by atoms with Gasteiger partial charge in [-0.15, -0.1) is 0 Å². The average molecular weight is 378 g/mol. The first-order valence-corrected chi connectivity index (χ1v) is 10.8. The molecule has 1 fully saturated rings. The van der Waals surface area contributed by atoms with Gasteiger partial charge in [-0.25, -0.2) is 13.1 Å². The van der Waals surface area contributed by atoms with Crippen LogP contribution >= 0.6 is 0 Å². The molecule has 1 N–H and O–H groups in total. The first-order chi connectivity index (χ1) is 12.4. The average Bonchev–Trinajstić information content (AvgIpc) is 2.93. The molecule has 142 valence electrons. The summed E-state index contributed by atoms with van der Waals surface area (Å²) in [4.78, 5) is 0. The fraction of sp³-hybridized carbons (Fsp3) is 0.600. The molecule has 6 heteroatoms. The lowest BCUT2D eigenvalue weighted by Crippen LogP contribution is -2.35. The van der Waals surface area contributed by atoms with Crippen LogP contribution in [0.2, 0.25) is 0 Å². The van der Waals surface area contributed by atoms with Gasteiger partial charge in [0.15, 0.2) is 11.5 Å². The predicted molar refractivity (Wildman–Crippen MR) is 102 cm³/mol. The van der Waals surface area contributed by atoms with Gasteiger partial charge in [-0.05, 0) is 32.8 Å². The smallest absolute Gasteiger partial charge is 0.215 e. The molecule has 5 nitrogen and oxygen atoms in total. The molecule has 1 saturated carbocycles. The lowest BCUT2D eigenvalue weighted by molar-refractivity contribution is 0.133. The monoisotopic (exact) mass is 377 g/mol. The second kappa shape index (κ2) is 7.89. The molecule has 3 rings (SSSR count). The minimum Gasteiger partial charge on any atom is -0.483 e. The highest BCUT2D eigenvalue weighted by Crippen LogP contribution is 2.41. The molecule has 0 spiro atoms. The quantitative estimate of drug-likeness (QED) is 0.801. The number of hydrogen-bond acceptors (Lipinski definition) is 4. The number of benzene rings is 1. The third-order valence-corrected chi connectivity index (χ3v) is 6.73. The summed E-state index contributed by atoms with van der Waals surface area (Å²) >= 11 is 0. The van der Waals surface area contributed by atoms with Gasteiger partial charge in [-0.3, -0.25) is 0 Å². The summed E-state index contributed by atoms with van der Waals surface area (Å²) in [7, 11) is -3.26. The zero-order chi connectivity index (χ0) is 18.6. The molecular weight excluding hydrogens is 350 g/mol. The van der Waals surface area contributed by atoms with Crippen LogP contribution in [0.4, 0.5) is 0 Å². The van der Waals surface area contributed by atoms with Gasteiger partial charge in [-0.2, -0.15) is 0 Å². The van der Waals surface area contributed by atoms with Crippen molar-refractivity contribution in [2.24, 2.45) is 0 Å². The highest BCUT2D eigenvalue weighted by molar-refractivity contribution is 7.90. The lowest BCUT2D eigenvalue weighted by atomic mass is 10.0. The number of nitrogens with one attached hydrogen (secondary N) is 1. The van der Waals surface area contributed by atoms with E-state index >= 15 is 0 Å². The van der Waals surface area contributed by atoms with Crippen LogP contribution in [0.5, 0.6) is 11.5 Å². The van der Waals surface area contributed by atoms with Crippen LogP contribution in [0.25, 0.3) is 0 Å².